The van der Waals surface area contributed by atoms with Gasteiger partial charge in [0.2, 0.25) is 5.91 Å². The lowest BCUT2D eigenvalue weighted by Crippen LogP contribution is -2.45. The molecule has 1 aromatic carbocycles. The highest BCUT2D eigenvalue weighted by Gasteiger charge is 2.25. The molecule has 1 fully saturated rings. The van der Waals surface area contributed by atoms with Crippen molar-refractivity contribution in [2.75, 3.05) is 13.1 Å². The van der Waals surface area contributed by atoms with E-state index in [4.69, 9.17) is 5.73 Å². The Morgan fingerprint density at radius 1 is 1.38 bits per heavy atom. The van der Waals surface area contributed by atoms with E-state index in [0.29, 0.717) is 6.42 Å². The molecule has 0 aromatic heterocycles. The molecule has 1 amide bonds. The zero-order valence-corrected chi connectivity index (χ0v) is 14.0. The summed E-state index contributed by atoms with van der Waals surface area (Å²) in [6.45, 7) is 4.83. The summed E-state index contributed by atoms with van der Waals surface area (Å²) in [5.74, 6) is -0.0194. The fraction of sp³-hybridized carbons (Fsp3) is 0.533. The van der Waals surface area contributed by atoms with Crippen molar-refractivity contribution in [1.82, 2.24) is 10.2 Å². The first-order chi connectivity index (χ1) is 9.19. The highest BCUT2D eigenvalue weighted by molar-refractivity contribution is 5.85. The second-order valence-corrected chi connectivity index (χ2v) is 5.23. The smallest absolute Gasteiger partial charge is 0.237 e. The number of nitrogens with two attached hydrogens (primary N) is 1. The molecular weight excluding hydrogens is 309 g/mol. The number of hydrogen-bond donors (Lipinski definition) is 2. The van der Waals surface area contributed by atoms with Crippen molar-refractivity contribution >= 4 is 30.7 Å². The molecule has 0 saturated carbocycles. The average molecular weight is 334 g/mol. The van der Waals surface area contributed by atoms with Crippen LogP contribution in [0, 0.1) is 0 Å². The minimum Gasteiger partial charge on any atom is -0.351 e. The Kier molecular flexibility index (Phi) is 9.62. The highest BCUT2D eigenvalue weighted by Crippen LogP contribution is 2.13. The quantitative estimate of drug-likeness (QED) is 0.865. The van der Waals surface area contributed by atoms with Crippen LogP contribution in [-0.2, 0) is 11.3 Å². The molecule has 1 unspecified atom stereocenters. The Balaban J connectivity index is 0.00000200. The number of nitrogens with one attached hydrogen (secondary N) is 1. The lowest BCUT2D eigenvalue weighted by atomic mass is 10.2. The largest absolute Gasteiger partial charge is 0.351 e. The van der Waals surface area contributed by atoms with Gasteiger partial charge in [-0.15, -0.1) is 24.8 Å². The first-order valence-corrected chi connectivity index (χ1v) is 7.01. The van der Waals surface area contributed by atoms with Crippen LogP contribution in [0.1, 0.15) is 25.3 Å². The van der Waals surface area contributed by atoms with Gasteiger partial charge in [0.25, 0.3) is 0 Å². The third kappa shape index (κ3) is 6.22. The summed E-state index contributed by atoms with van der Waals surface area (Å²) in [7, 11) is 0. The second-order valence-electron chi connectivity index (χ2n) is 5.23. The molecule has 6 heteroatoms. The number of benzene rings is 1. The Morgan fingerprint density at radius 2 is 2.05 bits per heavy atom. The maximum absolute atomic E-state index is 11.7. The van der Waals surface area contributed by atoms with Crippen LogP contribution in [0.3, 0.4) is 0 Å². The Labute approximate surface area is 139 Å². The fourth-order valence-electron chi connectivity index (χ4n) is 2.43. The normalized spacial score (nSPS) is 19.2. The molecule has 2 rings (SSSR count). The van der Waals surface area contributed by atoms with E-state index in [-0.39, 0.29) is 42.8 Å². The van der Waals surface area contributed by atoms with Crippen molar-refractivity contribution in [3.8, 4) is 0 Å². The van der Waals surface area contributed by atoms with Crippen molar-refractivity contribution in [3.05, 3.63) is 35.9 Å². The minimum atomic E-state index is -0.372. The van der Waals surface area contributed by atoms with Crippen molar-refractivity contribution in [2.45, 2.75) is 38.4 Å². The van der Waals surface area contributed by atoms with E-state index in [1.54, 1.807) is 0 Å². The second kappa shape index (κ2) is 10.0. The van der Waals surface area contributed by atoms with Gasteiger partial charge in [-0.2, -0.15) is 0 Å². The van der Waals surface area contributed by atoms with Crippen molar-refractivity contribution in [2.24, 2.45) is 5.73 Å². The highest BCUT2D eigenvalue weighted by atomic mass is 35.5. The van der Waals surface area contributed by atoms with Gasteiger partial charge in [0.15, 0.2) is 0 Å². The molecule has 1 saturated heterocycles. The molecule has 2 atom stereocenters. The van der Waals surface area contributed by atoms with Crippen LogP contribution in [0.2, 0.25) is 0 Å². The molecule has 1 aliphatic rings. The zero-order chi connectivity index (χ0) is 13.7. The van der Waals surface area contributed by atoms with Gasteiger partial charge < -0.3 is 11.1 Å². The topological polar surface area (TPSA) is 58.4 Å². The summed E-state index contributed by atoms with van der Waals surface area (Å²) in [6, 6.07) is 10.3. The van der Waals surface area contributed by atoms with Gasteiger partial charge >= 0.3 is 0 Å². The van der Waals surface area contributed by atoms with Crippen LogP contribution in [0.5, 0.6) is 0 Å². The van der Waals surface area contributed by atoms with Crippen molar-refractivity contribution < 1.29 is 4.79 Å². The molecule has 3 N–H and O–H groups in total. The first-order valence-electron chi connectivity index (χ1n) is 7.01. The number of carbonyl (C=O) groups excluding carboxylic acids is 1. The Morgan fingerprint density at radius 3 is 2.67 bits per heavy atom. The first kappa shape index (κ1) is 20.2. The number of nitrogens with zero attached hydrogens (tertiary/aromatic N) is 1. The van der Waals surface area contributed by atoms with Gasteiger partial charge in [0.1, 0.15) is 0 Å². The van der Waals surface area contributed by atoms with E-state index < -0.39 is 0 Å². The molecule has 0 radical (unpaired) electrons. The SMILES string of the molecule is CC[C@H](N)C(=O)NC1CCN(Cc2ccccc2)C1.Cl.Cl. The van der Waals surface area contributed by atoms with Crippen LogP contribution in [0.15, 0.2) is 30.3 Å². The van der Waals surface area contributed by atoms with Gasteiger partial charge in [0.05, 0.1) is 6.04 Å². The summed E-state index contributed by atoms with van der Waals surface area (Å²) in [4.78, 5) is 14.1. The van der Waals surface area contributed by atoms with E-state index in [0.717, 1.165) is 26.1 Å². The lowest BCUT2D eigenvalue weighted by molar-refractivity contribution is -0.123. The number of amides is 1. The van der Waals surface area contributed by atoms with Crippen molar-refractivity contribution in [1.29, 1.82) is 0 Å². The molecule has 0 bridgehead atoms. The van der Waals surface area contributed by atoms with Gasteiger partial charge in [-0.1, -0.05) is 37.3 Å². The monoisotopic (exact) mass is 333 g/mol. The van der Waals surface area contributed by atoms with E-state index in [2.05, 4.69) is 34.5 Å². The summed E-state index contributed by atoms with van der Waals surface area (Å²) < 4.78 is 0. The zero-order valence-electron chi connectivity index (χ0n) is 12.3. The molecule has 0 spiro atoms. The van der Waals surface area contributed by atoms with Gasteiger partial charge in [-0.3, -0.25) is 9.69 Å². The van der Waals surface area contributed by atoms with Crippen LogP contribution < -0.4 is 11.1 Å². The van der Waals surface area contributed by atoms with Gasteiger partial charge in [-0.05, 0) is 18.4 Å². The maximum Gasteiger partial charge on any atom is 0.237 e. The average Bonchev–Trinajstić information content (AvgIpc) is 2.86. The van der Waals surface area contributed by atoms with Gasteiger partial charge in [0, 0.05) is 25.7 Å². The molecule has 1 aliphatic heterocycles. The van der Waals surface area contributed by atoms with E-state index in [1.807, 2.05) is 13.0 Å². The van der Waals surface area contributed by atoms with Crippen LogP contribution in [0.25, 0.3) is 0 Å². The number of halogens is 2. The number of carbonyl (C=O) groups is 1. The molecular formula is C15H25Cl2N3O. The van der Waals surface area contributed by atoms with E-state index >= 15 is 0 Å². The minimum absolute atomic E-state index is 0. The molecule has 21 heavy (non-hydrogen) atoms. The number of rotatable bonds is 5. The standard InChI is InChI=1S/C15H23N3O.2ClH/c1-2-14(16)15(19)17-13-8-9-18(11-13)10-12-6-4-3-5-7-12;;/h3-7,13-14H,2,8-11,16H2,1H3,(H,17,19);2*1H/t13?,14-;;/m0../s1. The Hall–Kier alpha value is -0.810. The predicted octanol–water partition coefficient (Wildman–Crippen LogP) is 1.96. The van der Waals surface area contributed by atoms with E-state index in [1.165, 1.54) is 5.56 Å². The molecule has 4 nitrogen and oxygen atoms in total. The lowest BCUT2D eigenvalue weighted by Gasteiger charge is -2.18. The van der Waals surface area contributed by atoms with E-state index in [9.17, 15) is 4.79 Å². The molecule has 0 aliphatic carbocycles. The predicted molar refractivity (Wildman–Crippen MR) is 91.0 cm³/mol. The Bertz CT molecular complexity index is 417. The summed E-state index contributed by atoms with van der Waals surface area (Å²) in [5, 5.41) is 3.04. The fourth-order valence-corrected chi connectivity index (χ4v) is 2.43. The molecule has 1 heterocycles. The molecule has 1 aromatic rings. The summed E-state index contributed by atoms with van der Waals surface area (Å²) in [5.41, 5.74) is 7.05. The maximum atomic E-state index is 11.7. The number of hydrogen-bond acceptors (Lipinski definition) is 3. The summed E-state index contributed by atoms with van der Waals surface area (Å²) in [6.07, 6.45) is 1.70. The van der Waals surface area contributed by atoms with Gasteiger partial charge in [-0.25, -0.2) is 0 Å². The van der Waals surface area contributed by atoms with Crippen molar-refractivity contribution in [3.63, 3.8) is 0 Å². The third-order valence-corrected chi connectivity index (χ3v) is 3.64. The number of likely N-dealkylation sites (tertiary alicyclic amines) is 1. The summed E-state index contributed by atoms with van der Waals surface area (Å²) >= 11 is 0. The molecule has 120 valence electrons. The van der Waals surface area contributed by atoms with Crippen LogP contribution in [-0.4, -0.2) is 36.0 Å². The van der Waals surface area contributed by atoms with Crippen LogP contribution in [0.4, 0.5) is 0 Å². The van der Waals surface area contributed by atoms with Crippen LogP contribution >= 0.6 is 24.8 Å². The third-order valence-electron chi connectivity index (χ3n) is 3.64.